The first-order valence-corrected chi connectivity index (χ1v) is 9.46. The molecular formula is C19H24N2O4S. The fraction of sp³-hybridized carbons (Fsp3) is 0.474. The molecule has 0 aliphatic heterocycles. The van der Waals surface area contributed by atoms with Gasteiger partial charge in [0, 0.05) is 16.6 Å². The van der Waals surface area contributed by atoms with Crippen molar-refractivity contribution in [1.29, 1.82) is 0 Å². The van der Waals surface area contributed by atoms with Crippen molar-refractivity contribution in [2.24, 2.45) is 0 Å². The molecule has 0 unspecified atom stereocenters. The van der Waals surface area contributed by atoms with Gasteiger partial charge in [0.1, 0.15) is 5.01 Å². The summed E-state index contributed by atoms with van der Waals surface area (Å²) in [7, 11) is 4.62. The molecule has 0 radical (unpaired) electrons. The standard InChI is InChI=1S/C19H24N2O4S/c1-12-11-26-18(20-12)19(7-5-6-8-19)21-17(22)13-9-14(23-2)16(25-4)15(10-13)24-3/h9-11H,5-8H2,1-4H3,(H,21,22). The van der Waals surface area contributed by atoms with E-state index in [0.717, 1.165) is 36.4 Å². The third-order valence-corrected chi connectivity index (χ3v) is 5.93. The lowest BCUT2D eigenvalue weighted by molar-refractivity contribution is 0.0897. The van der Waals surface area contributed by atoms with E-state index in [1.807, 2.05) is 12.3 Å². The Bertz CT molecular complexity index is 772. The van der Waals surface area contributed by atoms with Crippen LogP contribution in [0.5, 0.6) is 17.2 Å². The summed E-state index contributed by atoms with van der Waals surface area (Å²) < 4.78 is 16.0. The maximum absolute atomic E-state index is 13.0. The second-order valence-corrected chi connectivity index (χ2v) is 7.31. The van der Waals surface area contributed by atoms with Gasteiger partial charge in [0.2, 0.25) is 5.75 Å². The predicted molar refractivity (Wildman–Crippen MR) is 101 cm³/mol. The van der Waals surface area contributed by atoms with E-state index in [9.17, 15) is 4.79 Å². The zero-order valence-corrected chi connectivity index (χ0v) is 16.4. The average Bonchev–Trinajstić information content (AvgIpc) is 3.30. The summed E-state index contributed by atoms with van der Waals surface area (Å²) in [6.07, 6.45) is 3.95. The lowest BCUT2D eigenvalue weighted by Gasteiger charge is -2.28. The second kappa shape index (κ2) is 7.53. The Labute approximate surface area is 157 Å². The van der Waals surface area contributed by atoms with E-state index < -0.39 is 5.54 Å². The van der Waals surface area contributed by atoms with Crippen LogP contribution in [-0.4, -0.2) is 32.2 Å². The highest BCUT2D eigenvalue weighted by atomic mass is 32.1. The van der Waals surface area contributed by atoms with E-state index in [-0.39, 0.29) is 5.91 Å². The number of carbonyl (C=O) groups is 1. The molecule has 26 heavy (non-hydrogen) atoms. The largest absolute Gasteiger partial charge is 0.493 e. The first-order valence-electron chi connectivity index (χ1n) is 8.58. The van der Waals surface area contributed by atoms with Gasteiger partial charge in [-0.1, -0.05) is 12.8 Å². The van der Waals surface area contributed by atoms with Crippen molar-refractivity contribution in [3.8, 4) is 17.2 Å². The number of aromatic nitrogens is 1. The molecule has 1 fully saturated rings. The Hall–Kier alpha value is -2.28. The number of thiazole rings is 1. The van der Waals surface area contributed by atoms with Gasteiger partial charge in [-0.15, -0.1) is 11.3 Å². The number of aryl methyl sites for hydroxylation is 1. The molecule has 1 saturated carbocycles. The molecule has 0 spiro atoms. The molecule has 140 valence electrons. The molecule has 3 rings (SSSR count). The van der Waals surface area contributed by atoms with E-state index in [0.29, 0.717) is 22.8 Å². The smallest absolute Gasteiger partial charge is 0.252 e. The lowest BCUT2D eigenvalue weighted by Crippen LogP contribution is -2.43. The molecule has 2 aromatic rings. The maximum atomic E-state index is 13.0. The van der Waals surface area contributed by atoms with Gasteiger partial charge >= 0.3 is 0 Å². The zero-order chi connectivity index (χ0) is 18.7. The fourth-order valence-electron chi connectivity index (χ4n) is 3.45. The molecule has 1 aliphatic carbocycles. The number of ether oxygens (including phenoxy) is 3. The number of amides is 1. The van der Waals surface area contributed by atoms with Gasteiger partial charge in [-0.25, -0.2) is 4.98 Å². The quantitative estimate of drug-likeness (QED) is 0.833. The number of rotatable bonds is 6. The SMILES string of the molecule is COc1cc(C(=O)NC2(c3nc(C)cs3)CCCC2)cc(OC)c1OC. The van der Waals surface area contributed by atoms with Crippen molar-refractivity contribution in [3.05, 3.63) is 33.8 Å². The average molecular weight is 376 g/mol. The summed E-state index contributed by atoms with van der Waals surface area (Å²) in [6.45, 7) is 1.98. The van der Waals surface area contributed by atoms with Crippen molar-refractivity contribution >= 4 is 17.2 Å². The van der Waals surface area contributed by atoms with Gasteiger partial charge in [-0.3, -0.25) is 4.79 Å². The third kappa shape index (κ3) is 3.35. The Morgan fingerprint density at radius 3 is 2.19 bits per heavy atom. The van der Waals surface area contributed by atoms with E-state index in [4.69, 9.17) is 14.2 Å². The van der Waals surface area contributed by atoms with Gasteiger partial charge in [0.05, 0.1) is 26.9 Å². The summed E-state index contributed by atoms with van der Waals surface area (Å²) in [5.41, 5.74) is 1.06. The molecule has 1 aromatic carbocycles. The van der Waals surface area contributed by atoms with Crippen LogP contribution in [0.1, 0.15) is 46.7 Å². The number of nitrogens with one attached hydrogen (secondary N) is 1. The van der Waals surface area contributed by atoms with Crippen LogP contribution in [0.15, 0.2) is 17.5 Å². The molecule has 1 N–H and O–H groups in total. The highest BCUT2D eigenvalue weighted by Crippen LogP contribution is 2.41. The molecule has 0 saturated heterocycles. The summed E-state index contributed by atoms with van der Waals surface area (Å²) in [5, 5.41) is 6.24. The molecule has 0 bridgehead atoms. The minimum Gasteiger partial charge on any atom is -0.493 e. The molecule has 0 atom stereocenters. The molecular weight excluding hydrogens is 352 g/mol. The minimum atomic E-state index is -0.392. The van der Waals surface area contributed by atoms with Gasteiger partial charge in [-0.05, 0) is 31.9 Å². The van der Waals surface area contributed by atoms with Gasteiger partial charge < -0.3 is 19.5 Å². The van der Waals surface area contributed by atoms with Gasteiger partial charge in [0.25, 0.3) is 5.91 Å². The number of hydrogen-bond donors (Lipinski definition) is 1. The minimum absolute atomic E-state index is 0.168. The first-order chi connectivity index (χ1) is 12.5. The van der Waals surface area contributed by atoms with Gasteiger partial charge in [0.15, 0.2) is 11.5 Å². The van der Waals surface area contributed by atoms with Crippen LogP contribution in [-0.2, 0) is 5.54 Å². The summed E-state index contributed by atoms with van der Waals surface area (Å²) >= 11 is 1.61. The summed E-state index contributed by atoms with van der Waals surface area (Å²) in [6, 6.07) is 3.35. The Balaban J connectivity index is 1.93. The van der Waals surface area contributed by atoms with Gasteiger partial charge in [-0.2, -0.15) is 0 Å². The lowest BCUT2D eigenvalue weighted by atomic mass is 9.97. The maximum Gasteiger partial charge on any atom is 0.252 e. The Morgan fingerprint density at radius 2 is 1.73 bits per heavy atom. The number of methoxy groups -OCH3 is 3. The van der Waals surface area contributed by atoms with Crippen molar-refractivity contribution in [1.82, 2.24) is 10.3 Å². The molecule has 1 aromatic heterocycles. The zero-order valence-electron chi connectivity index (χ0n) is 15.5. The van der Waals surface area contributed by atoms with E-state index >= 15 is 0 Å². The van der Waals surface area contributed by atoms with E-state index in [2.05, 4.69) is 10.3 Å². The normalized spacial score (nSPS) is 15.5. The number of carbonyl (C=O) groups excluding carboxylic acids is 1. The monoisotopic (exact) mass is 376 g/mol. The first kappa shape index (κ1) is 18.5. The highest BCUT2D eigenvalue weighted by molar-refractivity contribution is 7.09. The molecule has 1 aliphatic rings. The van der Waals surface area contributed by atoms with Crippen LogP contribution in [0, 0.1) is 6.92 Å². The van der Waals surface area contributed by atoms with Crippen LogP contribution in [0.25, 0.3) is 0 Å². The number of benzene rings is 1. The Kier molecular flexibility index (Phi) is 5.36. The Morgan fingerprint density at radius 1 is 1.12 bits per heavy atom. The van der Waals surface area contributed by atoms with Crippen LogP contribution >= 0.6 is 11.3 Å². The van der Waals surface area contributed by atoms with Crippen molar-refractivity contribution in [2.75, 3.05) is 21.3 Å². The summed E-state index contributed by atoms with van der Waals surface area (Å²) in [5.74, 6) is 1.22. The predicted octanol–water partition coefficient (Wildman–Crippen LogP) is 3.68. The number of hydrogen-bond acceptors (Lipinski definition) is 6. The van der Waals surface area contributed by atoms with Crippen LogP contribution in [0.4, 0.5) is 0 Å². The molecule has 1 heterocycles. The fourth-order valence-corrected chi connectivity index (χ4v) is 4.46. The number of nitrogens with zero attached hydrogens (tertiary/aromatic N) is 1. The molecule has 7 heteroatoms. The van der Waals surface area contributed by atoms with E-state index in [1.54, 1.807) is 30.6 Å². The van der Waals surface area contributed by atoms with Crippen molar-refractivity contribution in [2.45, 2.75) is 38.1 Å². The second-order valence-electron chi connectivity index (χ2n) is 6.45. The third-order valence-electron chi connectivity index (χ3n) is 4.77. The van der Waals surface area contributed by atoms with Crippen LogP contribution < -0.4 is 19.5 Å². The van der Waals surface area contributed by atoms with Crippen molar-refractivity contribution < 1.29 is 19.0 Å². The van der Waals surface area contributed by atoms with Crippen LogP contribution in [0.3, 0.4) is 0 Å². The topological polar surface area (TPSA) is 69.7 Å². The summed E-state index contributed by atoms with van der Waals surface area (Å²) in [4.78, 5) is 17.7. The van der Waals surface area contributed by atoms with Crippen LogP contribution in [0.2, 0.25) is 0 Å². The highest BCUT2D eigenvalue weighted by Gasteiger charge is 2.40. The molecule has 1 amide bonds. The van der Waals surface area contributed by atoms with Crippen molar-refractivity contribution in [3.63, 3.8) is 0 Å². The van der Waals surface area contributed by atoms with E-state index in [1.165, 1.54) is 14.2 Å². The molecule has 6 nitrogen and oxygen atoms in total.